The molecule has 7 heteroatoms. The molecule has 2 heterocycles. The molecule has 2 aromatic rings. The fraction of sp³-hybridized carbons (Fsp3) is 0.562. The first-order valence-corrected chi connectivity index (χ1v) is 11.9. The first-order valence-electron chi connectivity index (χ1n) is 7.84. The molecule has 0 bridgehead atoms. The molecule has 1 aromatic carbocycles. The first kappa shape index (κ1) is 17.5. The lowest BCUT2D eigenvalue weighted by atomic mass is 9.85. The van der Waals surface area contributed by atoms with Gasteiger partial charge in [0.1, 0.15) is 6.17 Å². The van der Waals surface area contributed by atoms with E-state index >= 15 is 0 Å². The van der Waals surface area contributed by atoms with E-state index in [-0.39, 0.29) is 5.92 Å². The van der Waals surface area contributed by atoms with Gasteiger partial charge in [0, 0.05) is 31.5 Å². The fourth-order valence-corrected chi connectivity index (χ4v) is 4.95. The highest BCUT2D eigenvalue weighted by Gasteiger charge is 2.31. The maximum absolute atomic E-state index is 14.8. The molecule has 0 radical (unpaired) electrons. The minimum atomic E-state index is -0.824. The number of methoxy groups -OCH3 is 1. The van der Waals surface area contributed by atoms with Gasteiger partial charge >= 0.3 is 0 Å². The molecule has 3 unspecified atom stereocenters. The highest BCUT2D eigenvalue weighted by atomic mass is 127. The number of nitrogens with zero attached hydrogens (tertiary/aromatic N) is 3. The largest absolute Gasteiger partial charge is 0.383 e. The van der Waals surface area contributed by atoms with Crippen molar-refractivity contribution < 1.29 is 9.13 Å². The zero-order valence-electron chi connectivity index (χ0n) is 13.4. The van der Waals surface area contributed by atoms with Crippen LogP contribution in [0, 0.1) is 6.92 Å². The van der Waals surface area contributed by atoms with Gasteiger partial charge in [0.05, 0.1) is 24.7 Å². The van der Waals surface area contributed by atoms with Gasteiger partial charge in [0.2, 0.25) is 0 Å². The molecule has 1 aliphatic heterocycles. The average molecular weight is 449 g/mol. The van der Waals surface area contributed by atoms with Gasteiger partial charge < -0.3 is 4.74 Å². The third-order valence-corrected chi connectivity index (χ3v) is 6.56. The van der Waals surface area contributed by atoms with Crippen LogP contribution in [-0.4, -0.2) is 54.0 Å². The molecule has 1 aromatic heterocycles. The van der Waals surface area contributed by atoms with Crippen LogP contribution in [0.1, 0.15) is 23.5 Å². The van der Waals surface area contributed by atoms with Gasteiger partial charge in [-0.2, -0.15) is 5.10 Å². The SMILES string of the molecule is COCCN1CCC(c2cc3c(cnn3PI)cc2C)C(F)C1. The zero-order valence-corrected chi connectivity index (χ0v) is 16.6. The number of likely N-dealkylation sites (tertiary alicyclic amines) is 1. The zero-order chi connectivity index (χ0) is 16.4. The van der Waals surface area contributed by atoms with E-state index in [1.165, 1.54) is 5.56 Å². The monoisotopic (exact) mass is 449 g/mol. The Morgan fingerprint density at radius 2 is 2.30 bits per heavy atom. The summed E-state index contributed by atoms with van der Waals surface area (Å²) in [5, 5.41) is 5.55. The molecule has 3 rings (SSSR count). The normalized spacial score (nSPS) is 23.3. The fourth-order valence-electron chi connectivity index (χ4n) is 3.41. The van der Waals surface area contributed by atoms with Crippen LogP contribution in [0.3, 0.4) is 0 Å². The van der Waals surface area contributed by atoms with Gasteiger partial charge in [-0.05, 0) is 65.2 Å². The molecule has 23 heavy (non-hydrogen) atoms. The van der Waals surface area contributed by atoms with Crippen molar-refractivity contribution in [2.24, 2.45) is 0 Å². The van der Waals surface area contributed by atoms with Crippen LogP contribution in [0.25, 0.3) is 10.9 Å². The van der Waals surface area contributed by atoms with Crippen LogP contribution in [0.5, 0.6) is 0 Å². The molecule has 4 nitrogen and oxygen atoms in total. The molecule has 0 saturated carbocycles. The summed E-state index contributed by atoms with van der Waals surface area (Å²) in [4.78, 5) is 2.16. The minimum absolute atomic E-state index is 0.0147. The van der Waals surface area contributed by atoms with Crippen molar-refractivity contribution in [3.05, 3.63) is 29.5 Å². The molecule has 1 fully saturated rings. The highest BCUT2D eigenvalue weighted by molar-refractivity contribution is 14.2. The van der Waals surface area contributed by atoms with Crippen molar-refractivity contribution in [3.63, 3.8) is 0 Å². The average Bonchev–Trinajstić information content (AvgIpc) is 2.94. The summed E-state index contributed by atoms with van der Waals surface area (Å²) in [5.41, 5.74) is 3.44. The Kier molecular flexibility index (Phi) is 5.88. The predicted molar refractivity (Wildman–Crippen MR) is 103 cm³/mol. The van der Waals surface area contributed by atoms with E-state index in [9.17, 15) is 4.39 Å². The standard InChI is InChI=1S/C16H22FIN3OP/c1-11-7-12-9-19-21(23-18)16(12)8-14(11)13-3-4-20(5-6-22-2)10-15(13)17/h7-9,13,15,23H,3-6,10H2,1-2H3. The number of hydrogen-bond donors (Lipinski definition) is 0. The second-order valence-electron chi connectivity index (χ2n) is 6.11. The lowest BCUT2D eigenvalue weighted by molar-refractivity contribution is 0.0862. The number of hydrogen-bond acceptors (Lipinski definition) is 3. The van der Waals surface area contributed by atoms with E-state index in [0.717, 1.165) is 36.0 Å². The molecule has 0 amide bonds. The number of piperidine rings is 1. The maximum Gasteiger partial charge on any atom is 0.120 e. The Labute approximate surface area is 151 Å². The molecule has 1 saturated heterocycles. The molecule has 126 valence electrons. The van der Waals surface area contributed by atoms with Gasteiger partial charge in [0.25, 0.3) is 0 Å². The molecular formula is C16H22FIN3OP. The number of aromatic nitrogens is 2. The summed E-state index contributed by atoms with van der Waals surface area (Å²) in [6.45, 7) is 4.99. The number of alkyl halides is 1. The van der Waals surface area contributed by atoms with Crippen molar-refractivity contribution >= 4 is 39.3 Å². The summed E-state index contributed by atoms with van der Waals surface area (Å²) >= 11 is 2.33. The van der Waals surface area contributed by atoms with Crippen LogP contribution in [0.2, 0.25) is 0 Å². The van der Waals surface area contributed by atoms with Crippen molar-refractivity contribution in [1.29, 1.82) is 0 Å². The topological polar surface area (TPSA) is 30.3 Å². The van der Waals surface area contributed by atoms with Crippen molar-refractivity contribution in [1.82, 2.24) is 14.5 Å². The van der Waals surface area contributed by atoms with Crippen molar-refractivity contribution in [2.45, 2.75) is 25.4 Å². The van der Waals surface area contributed by atoms with Crippen LogP contribution in [0.4, 0.5) is 4.39 Å². The van der Waals surface area contributed by atoms with E-state index in [1.54, 1.807) is 7.11 Å². The Bertz CT molecular complexity index is 681. The summed E-state index contributed by atoms with van der Waals surface area (Å²) < 4.78 is 21.9. The molecule has 0 spiro atoms. The van der Waals surface area contributed by atoms with E-state index in [0.29, 0.717) is 19.5 Å². The van der Waals surface area contributed by atoms with Crippen LogP contribution in [0.15, 0.2) is 18.3 Å². The lowest BCUT2D eigenvalue weighted by Crippen LogP contribution is -2.42. The number of benzene rings is 1. The predicted octanol–water partition coefficient (Wildman–Crippen LogP) is 3.91. The molecule has 3 atom stereocenters. The number of ether oxygens (including phenoxy) is 1. The lowest BCUT2D eigenvalue weighted by Gasteiger charge is -2.35. The third kappa shape index (κ3) is 3.70. The number of fused-ring (bicyclic) bond motifs is 1. The Balaban J connectivity index is 1.84. The minimum Gasteiger partial charge on any atom is -0.383 e. The smallest absolute Gasteiger partial charge is 0.120 e. The molecule has 0 aliphatic carbocycles. The Morgan fingerprint density at radius 3 is 3.00 bits per heavy atom. The van der Waals surface area contributed by atoms with E-state index in [2.05, 4.69) is 51.1 Å². The summed E-state index contributed by atoms with van der Waals surface area (Å²) in [5.74, 6) is -0.0147. The van der Waals surface area contributed by atoms with Crippen LogP contribution >= 0.6 is 28.4 Å². The molecular weight excluding hydrogens is 427 g/mol. The Morgan fingerprint density at radius 1 is 1.48 bits per heavy atom. The molecule has 1 aliphatic rings. The van der Waals surface area contributed by atoms with E-state index in [4.69, 9.17) is 4.74 Å². The number of aryl methyl sites for hydroxylation is 1. The van der Waals surface area contributed by atoms with Gasteiger partial charge in [-0.25, -0.2) is 8.84 Å². The van der Waals surface area contributed by atoms with Gasteiger partial charge in [0.15, 0.2) is 0 Å². The second-order valence-corrected chi connectivity index (χ2v) is 8.15. The van der Waals surface area contributed by atoms with Crippen molar-refractivity contribution in [3.8, 4) is 0 Å². The van der Waals surface area contributed by atoms with Gasteiger partial charge in [-0.15, -0.1) is 0 Å². The Hall–Kier alpha value is -0.300. The van der Waals surface area contributed by atoms with Crippen LogP contribution in [-0.2, 0) is 4.74 Å². The van der Waals surface area contributed by atoms with Crippen molar-refractivity contribution in [2.75, 3.05) is 33.4 Å². The maximum atomic E-state index is 14.8. The number of rotatable bonds is 5. The van der Waals surface area contributed by atoms with Gasteiger partial charge in [-0.1, -0.05) is 0 Å². The van der Waals surface area contributed by atoms with Crippen LogP contribution < -0.4 is 0 Å². The second kappa shape index (κ2) is 7.72. The number of halogens is 2. The van der Waals surface area contributed by atoms with E-state index in [1.807, 2.05) is 10.6 Å². The van der Waals surface area contributed by atoms with Gasteiger partial charge in [-0.3, -0.25) is 4.90 Å². The summed E-state index contributed by atoms with van der Waals surface area (Å²) in [6.07, 6.45) is 2.50. The summed E-state index contributed by atoms with van der Waals surface area (Å²) in [6, 6.07) is 4.31. The first-order chi connectivity index (χ1) is 11.1. The third-order valence-electron chi connectivity index (χ3n) is 4.67. The quantitative estimate of drug-likeness (QED) is 0.513. The van der Waals surface area contributed by atoms with E-state index < -0.39 is 6.17 Å². The highest BCUT2D eigenvalue weighted by Crippen LogP contribution is 2.36. The summed E-state index contributed by atoms with van der Waals surface area (Å²) in [7, 11) is 1.69. The molecule has 0 N–H and O–H groups in total.